The van der Waals surface area contributed by atoms with Gasteiger partial charge in [0.05, 0.1) is 34.4 Å². The molecule has 0 saturated carbocycles. The van der Waals surface area contributed by atoms with Crippen molar-refractivity contribution in [2.45, 2.75) is 12.1 Å². The molecule has 2 fully saturated rings. The number of rotatable bonds is 2. The monoisotopic (exact) mass is 465 g/mol. The highest BCUT2D eigenvalue weighted by Gasteiger charge is 2.36. The molecule has 0 aliphatic carbocycles. The van der Waals surface area contributed by atoms with Crippen LogP contribution in [0.15, 0.2) is 35.8 Å². The first-order valence-corrected chi connectivity index (χ1v) is 11.3. The third-order valence-electron chi connectivity index (χ3n) is 5.76. The van der Waals surface area contributed by atoms with E-state index in [-0.39, 0.29) is 23.1 Å². The van der Waals surface area contributed by atoms with Crippen LogP contribution >= 0.6 is 34.5 Å². The van der Waals surface area contributed by atoms with E-state index in [1.807, 2.05) is 16.3 Å². The van der Waals surface area contributed by atoms with Crippen molar-refractivity contribution in [1.29, 1.82) is 0 Å². The van der Waals surface area contributed by atoms with E-state index in [0.717, 1.165) is 22.3 Å². The molecule has 2 atom stereocenters. The first-order valence-electron chi connectivity index (χ1n) is 9.63. The van der Waals surface area contributed by atoms with Gasteiger partial charge in [0.1, 0.15) is 10.6 Å². The average Bonchev–Trinajstić information content (AvgIpc) is 3.24. The maximum absolute atomic E-state index is 13.5. The lowest BCUT2D eigenvalue weighted by molar-refractivity contribution is -0.0858. The number of carbonyl (C=O) groups excluding carboxylic acids is 1. The molecule has 2 aliphatic rings. The predicted molar refractivity (Wildman–Crippen MR) is 116 cm³/mol. The van der Waals surface area contributed by atoms with Gasteiger partial charge in [0.15, 0.2) is 0 Å². The van der Waals surface area contributed by atoms with Crippen molar-refractivity contribution in [3.05, 3.63) is 62.8 Å². The molecule has 30 heavy (non-hydrogen) atoms. The second-order valence-electron chi connectivity index (χ2n) is 7.52. The lowest BCUT2D eigenvalue weighted by Crippen LogP contribution is -2.59. The van der Waals surface area contributed by atoms with Crippen molar-refractivity contribution in [1.82, 2.24) is 14.8 Å². The molecule has 0 radical (unpaired) electrons. The molecule has 2 saturated heterocycles. The second kappa shape index (κ2) is 8.05. The van der Waals surface area contributed by atoms with Gasteiger partial charge < -0.3 is 9.64 Å². The normalized spacial score (nSPS) is 22.3. The maximum atomic E-state index is 13.5. The van der Waals surface area contributed by atoms with Gasteiger partial charge in [-0.2, -0.15) is 0 Å². The number of morpholine rings is 1. The third kappa shape index (κ3) is 3.59. The number of hydrogen-bond donors (Lipinski definition) is 0. The Bertz CT molecular complexity index is 1120. The number of fused-ring (bicyclic) bond motifs is 2. The van der Waals surface area contributed by atoms with Crippen LogP contribution in [0, 0.1) is 5.82 Å². The molecule has 1 amide bonds. The molecule has 0 N–H and O–H groups in total. The van der Waals surface area contributed by atoms with Gasteiger partial charge in [0.25, 0.3) is 5.91 Å². The number of thiophene rings is 1. The van der Waals surface area contributed by atoms with Crippen molar-refractivity contribution in [3.8, 4) is 0 Å². The molecular weight excluding hydrogens is 448 g/mol. The summed E-state index contributed by atoms with van der Waals surface area (Å²) in [5.74, 6) is -0.539. The van der Waals surface area contributed by atoms with Crippen LogP contribution in [0.1, 0.15) is 22.0 Å². The number of piperazine rings is 1. The molecule has 9 heteroatoms. The Balaban J connectivity index is 1.28. The van der Waals surface area contributed by atoms with Crippen LogP contribution in [0.25, 0.3) is 10.2 Å². The molecule has 0 spiro atoms. The van der Waals surface area contributed by atoms with Gasteiger partial charge >= 0.3 is 0 Å². The summed E-state index contributed by atoms with van der Waals surface area (Å²) < 4.78 is 19.5. The smallest absolute Gasteiger partial charge is 0.257 e. The minimum absolute atomic E-state index is 0.0988. The van der Waals surface area contributed by atoms with E-state index in [4.69, 9.17) is 27.9 Å². The van der Waals surface area contributed by atoms with E-state index in [2.05, 4.69) is 9.88 Å². The summed E-state index contributed by atoms with van der Waals surface area (Å²) in [7, 11) is 0. The lowest BCUT2D eigenvalue weighted by atomic mass is 10.0. The standard InChI is InChI=1S/C21H18Cl2FN3O2S/c22-16-7-12(1-2-17(16)24)18-10-26-4-5-27(9-13(26)11-29-18)21(28)15-8-25-20-14(19(15)23)3-6-30-20/h1-3,6-8,13,18H,4-5,9-11H2/t13-,18?/m0/s1. The fourth-order valence-electron chi connectivity index (χ4n) is 4.10. The zero-order chi connectivity index (χ0) is 20.8. The van der Waals surface area contributed by atoms with Gasteiger partial charge in [-0.25, -0.2) is 9.37 Å². The number of nitrogens with zero attached hydrogens (tertiary/aromatic N) is 3. The highest BCUT2D eigenvalue weighted by molar-refractivity contribution is 7.16. The van der Waals surface area contributed by atoms with Crippen LogP contribution in [0.4, 0.5) is 4.39 Å². The van der Waals surface area contributed by atoms with Crippen LogP contribution < -0.4 is 0 Å². The van der Waals surface area contributed by atoms with Crippen LogP contribution in [-0.4, -0.2) is 59.5 Å². The first kappa shape index (κ1) is 20.2. The van der Waals surface area contributed by atoms with E-state index in [9.17, 15) is 9.18 Å². The van der Waals surface area contributed by atoms with E-state index in [1.165, 1.54) is 17.4 Å². The van der Waals surface area contributed by atoms with Crippen molar-refractivity contribution in [2.75, 3.05) is 32.8 Å². The number of benzene rings is 1. The molecule has 5 nitrogen and oxygen atoms in total. The van der Waals surface area contributed by atoms with Gasteiger partial charge in [-0.05, 0) is 29.1 Å². The Morgan fingerprint density at radius 2 is 2.10 bits per heavy atom. The summed E-state index contributed by atoms with van der Waals surface area (Å²) >= 11 is 13.9. The summed E-state index contributed by atoms with van der Waals surface area (Å²) in [5.41, 5.74) is 1.30. The van der Waals surface area contributed by atoms with Gasteiger partial charge in [-0.3, -0.25) is 9.69 Å². The van der Waals surface area contributed by atoms with Crippen LogP contribution in [0.3, 0.4) is 0 Å². The van der Waals surface area contributed by atoms with E-state index in [0.29, 0.717) is 36.8 Å². The van der Waals surface area contributed by atoms with Crippen molar-refractivity contribution in [3.63, 3.8) is 0 Å². The van der Waals surface area contributed by atoms with E-state index < -0.39 is 5.82 Å². The number of amides is 1. The van der Waals surface area contributed by atoms with Gasteiger partial charge in [0, 0.05) is 37.8 Å². The number of halogens is 3. The fraction of sp³-hybridized carbons (Fsp3) is 0.333. The van der Waals surface area contributed by atoms with Crippen molar-refractivity contribution >= 4 is 50.7 Å². The molecular formula is C21H18Cl2FN3O2S. The molecule has 3 aromatic rings. The van der Waals surface area contributed by atoms with Crippen LogP contribution in [-0.2, 0) is 4.74 Å². The number of hydrogen-bond acceptors (Lipinski definition) is 5. The maximum Gasteiger partial charge on any atom is 0.257 e. The molecule has 0 bridgehead atoms. The molecule has 5 rings (SSSR count). The molecule has 1 aromatic carbocycles. The number of pyridine rings is 1. The Kier molecular flexibility index (Phi) is 5.41. The Morgan fingerprint density at radius 3 is 2.93 bits per heavy atom. The molecule has 2 aromatic heterocycles. The summed E-state index contributed by atoms with van der Waals surface area (Å²) in [5, 5.41) is 3.29. The Morgan fingerprint density at radius 1 is 1.23 bits per heavy atom. The van der Waals surface area contributed by atoms with Gasteiger partial charge in [-0.15, -0.1) is 11.3 Å². The third-order valence-corrected chi connectivity index (χ3v) is 7.27. The molecule has 4 heterocycles. The zero-order valence-corrected chi connectivity index (χ0v) is 18.2. The summed E-state index contributed by atoms with van der Waals surface area (Å²) in [6.45, 7) is 3.06. The molecule has 156 valence electrons. The largest absolute Gasteiger partial charge is 0.370 e. The van der Waals surface area contributed by atoms with Gasteiger partial charge in [-0.1, -0.05) is 29.3 Å². The van der Waals surface area contributed by atoms with Crippen LogP contribution in [0.5, 0.6) is 0 Å². The van der Waals surface area contributed by atoms with Crippen molar-refractivity contribution < 1.29 is 13.9 Å². The van der Waals surface area contributed by atoms with Gasteiger partial charge in [0.2, 0.25) is 0 Å². The minimum Gasteiger partial charge on any atom is -0.370 e. The average molecular weight is 466 g/mol. The van der Waals surface area contributed by atoms with Crippen LogP contribution in [0.2, 0.25) is 10.0 Å². The summed E-state index contributed by atoms with van der Waals surface area (Å²) in [6.07, 6.45) is 1.41. The van der Waals surface area contributed by atoms with Crippen molar-refractivity contribution in [2.24, 2.45) is 0 Å². The summed E-state index contributed by atoms with van der Waals surface area (Å²) in [6, 6.07) is 6.69. The number of aromatic nitrogens is 1. The molecule has 2 aliphatic heterocycles. The predicted octanol–water partition coefficient (Wildman–Crippen LogP) is 4.64. The number of ether oxygens (including phenoxy) is 1. The lowest BCUT2D eigenvalue weighted by Gasteiger charge is -2.46. The quantitative estimate of drug-likeness (QED) is 0.552. The second-order valence-corrected chi connectivity index (χ2v) is 9.20. The highest BCUT2D eigenvalue weighted by atomic mass is 35.5. The Hall–Kier alpha value is -1.77. The van der Waals surface area contributed by atoms with E-state index in [1.54, 1.807) is 18.3 Å². The fourth-order valence-corrected chi connectivity index (χ4v) is 5.37. The topological polar surface area (TPSA) is 45.7 Å². The first-order chi connectivity index (χ1) is 14.5. The molecule has 1 unspecified atom stereocenters. The minimum atomic E-state index is -0.435. The Labute approximate surface area is 187 Å². The number of carbonyl (C=O) groups is 1. The SMILES string of the molecule is O=C(c1cnc2sccc2c1Cl)N1CCN2CC(c3ccc(F)c(Cl)c3)OC[C@@H]2C1. The highest BCUT2D eigenvalue weighted by Crippen LogP contribution is 2.32. The summed E-state index contributed by atoms with van der Waals surface area (Å²) in [4.78, 5) is 22.4. The zero-order valence-electron chi connectivity index (χ0n) is 15.9. The van der Waals surface area contributed by atoms with E-state index >= 15 is 0 Å².